The summed E-state index contributed by atoms with van der Waals surface area (Å²) >= 11 is 6.41. The van der Waals surface area contributed by atoms with E-state index in [0.29, 0.717) is 18.7 Å². The number of halogens is 1. The van der Waals surface area contributed by atoms with Gasteiger partial charge < -0.3 is 19.3 Å². The van der Waals surface area contributed by atoms with Crippen molar-refractivity contribution in [2.24, 2.45) is 0 Å². The molecular formula is C36H39ClN6O. The number of carbonyl (C=O) groups is 1. The van der Waals surface area contributed by atoms with Crippen LogP contribution in [0.2, 0.25) is 5.02 Å². The molecular weight excluding hydrogens is 568 g/mol. The number of para-hydroxylation sites is 2. The van der Waals surface area contributed by atoms with Crippen molar-refractivity contribution in [2.45, 2.75) is 25.3 Å². The van der Waals surface area contributed by atoms with Crippen LogP contribution in [0.5, 0.6) is 0 Å². The maximum Gasteiger partial charge on any atom is 0.253 e. The second-order valence-electron chi connectivity index (χ2n) is 11.6. The SMILES string of the molecule is CN(CC(CCN1CCCN(c2nc3ccccc3n2Cc2ccccn2)CC1)c1cccc(Cl)c1)C(=O)c1ccccc1. The van der Waals surface area contributed by atoms with Gasteiger partial charge >= 0.3 is 0 Å². The van der Waals surface area contributed by atoms with Gasteiger partial charge in [0, 0.05) is 55.9 Å². The fourth-order valence-electron chi connectivity index (χ4n) is 6.19. The fraction of sp³-hybridized carbons (Fsp3) is 0.306. The molecule has 1 saturated heterocycles. The lowest BCUT2D eigenvalue weighted by Crippen LogP contribution is -2.35. The van der Waals surface area contributed by atoms with Crippen molar-refractivity contribution < 1.29 is 4.79 Å². The van der Waals surface area contributed by atoms with Crippen LogP contribution in [-0.4, -0.2) is 76.6 Å². The number of imidazole rings is 1. The Hall–Kier alpha value is -4.20. The number of pyridine rings is 1. The molecule has 226 valence electrons. The summed E-state index contributed by atoms with van der Waals surface area (Å²) in [6.07, 6.45) is 3.84. The summed E-state index contributed by atoms with van der Waals surface area (Å²) in [5, 5.41) is 0.726. The average Bonchev–Trinajstić information content (AvgIpc) is 3.24. The first-order valence-corrected chi connectivity index (χ1v) is 15.8. The normalized spacial score (nSPS) is 14.8. The third kappa shape index (κ3) is 7.12. The number of likely N-dealkylation sites (N-methyl/N-ethyl adjacent to an activating group) is 1. The van der Waals surface area contributed by atoms with E-state index in [9.17, 15) is 4.79 Å². The van der Waals surface area contributed by atoms with E-state index in [2.05, 4.69) is 55.7 Å². The van der Waals surface area contributed by atoms with Crippen LogP contribution in [0.3, 0.4) is 0 Å². The van der Waals surface area contributed by atoms with Crippen molar-refractivity contribution in [3.8, 4) is 0 Å². The van der Waals surface area contributed by atoms with Crippen molar-refractivity contribution in [3.05, 3.63) is 125 Å². The van der Waals surface area contributed by atoms with E-state index < -0.39 is 0 Å². The fourth-order valence-corrected chi connectivity index (χ4v) is 6.38. The third-order valence-electron chi connectivity index (χ3n) is 8.53. The quantitative estimate of drug-likeness (QED) is 0.179. The Bertz CT molecular complexity index is 1670. The van der Waals surface area contributed by atoms with Gasteiger partial charge in [-0.15, -0.1) is 0 Å². The molecule has 0 saturated carbocycles. The largest absolute Gasteiger partial charge is 0.341 e. The molecule has 44 heavy (non-hydrogen) atoms. The number of nitrogens with zero attached hydrogens (tertiary/aromatic N) is 6. The zero-order valence-electron chi connectivity index (χ0n) is 25.2. The molecule has 0 N–H and O–H groups in total. The molecule has 6 rings (SSSR count). The van der Waals surface area contributed by atoms with E-state index >= 15 is 0 Å². The van der Waals surface area contributed by atoms with E-state index in [0.717, 1.165) is 73.3 Å². The van der Waals surface area contributed by atoms with Gasteiger partial charge in [-0.1, -0.05) is 60.1 Å². The lowest BCUT2D eigenvalue weighted by molar-refractivity contribution is 0.0783. The molecule has 2 aromatic heterocycles. The first kappa shape index (κ1) is 29.9. The van der Waals surface area contributed by atoms with E-state index in [-0.39, 0.29) is 11.8 Å². The highest BCUT2D eigenvalue weighted by Gasteiger charge is 2.24. The molecule has 1 atom stereocenters. The minimum atomic E-state index is 0.0386. The predicted octanol–water partition coefficient (Wildman–Crippen LogP) is 6.59. The molecule has 0 spiro atoms. The Morgan fingerprint density at radius 1 is 0.909 bits per heavy atom. The summed E-state index contributed by atoms with van der Waals surface area (Å²) in [5.74, 6) is 1.22. The van der Waals surface area contributed by atoms with Crippen molar-refractivity contribution in [1.82, 2.24) is 24.3 Å². The zero-order valence-corrected chi connectivity index (χ0v) is 26.0. The topological polar surface area (TPSA) is 57.5 Å². The summed E-state index contributed by atoms with van der Waals surface area (Å²) in [6.45, 7) is 6.10. The van der Waals surface area contributed by atoms with Crippen LogP contribution in [0.1, 0.15) is 40.4 Å². The minimum Gasteiger partial charge on any atom is -0.341 e. The van der Waals surface area contributed by atoms with Crippen LogP contribution in [0.25, 0.3) is 11.0 Å². The summed E-state index contributed by atoms with van der Waals surface area (Å²) in [6, 6.07) is 32.0. The molecule has 1 amide bonds. The number of fused-ring (bicyclic) bond motifs is 1. The van der Waals surface area contributed by atoms with Gasteiger partial charge in [-0.05, 0) is 80.0 Å². The highest BCUT2D eigenvalue weighted by Crippen LogP contribution is 2.27. The van der Waals surface area contributed by atoms with Crippen molar-refractivity contribution in [1.29, 1.82) is 0 Å². The van der Waals surface area contributed by atoms with Gasteiger partial charge in [-0.3, -0.25) is 9.78 Å². The first-order chi connectivity index (χ1) is 21.5. The Labute approximate surface area is 264 Å². The number of carbonyl (C=O) groups excluding carboxylic acids is 1. The number of amides is 1. The number of hydrogen-bond acceptors (Lipinski definition) is 5. The number of aromatic nitrogens is 3. The summed E-state index contributed by atoms with van der Waals surface area (Å²) in [5.41, 5.74) is 5.05. The van der Waals surface area contributed by atoms with Crippen molar-refractivity contribution >= 4 is 34.5 Å². The van der Waals surface area contributed by atoms with E-state index in [1.54, 1.807) is 0 Å². The highest BCUT2D eigenvalue weighted by molar-refractivity contribution is 6.30. The Balaban J connectivity index is 1.15. The monoisotopic (exact) mass is 606 g/mol. The lowest BCUT2D eigenvalue weighted by atomic mass is 9.94. The van der Waals surface area contributed by atoms with Gasteiger partial charge in [0.2, 0.25) is 5.95 Å². The molecule has 1 aliphatic rings. The molecule has 1 aliphatic heterocycles. The minimum absolute atomic E-state index is 0.0386. The van der Waals surface area contributed by atoms with Crippen molar-refractivity contribution in [2.75, 3.05) is 51.2 Å². The first-order valence-electron chi connectivity index (χ1n) is 15.4. The molecule has 1 unspecified atom stereocenters. The number of benzene rings is 3. The van der Waals surface area contributed by atoms with Crippen LogP contribution in [0, 0.1) is 0 Å². The number of hydrogen-bond donors (Lipinski definition) is 0. The van der Waals surface area contributed by atoms with E-state index in [4.69, 9.17) is 16.6 Å². The maximum atomic E-state index is 13.2. The van der Waals surface area contributed by atoms with Gasteiger partial charge in [0.05, 0.1) is 23.3 Å². The lowest BCUT2D eigenvalue weighted by Gasteiger charge is -2.28. The van der Waals surface area contributed by atoms with Gasteiger partial charge in [0.1, 0.15) is 0 Å². The average molecular weight is 607 g/mol. The Morgan fingerprint density at radius 3 is 2.55 bits per heavy atom. The molecule has 0 bridgehead atoms. The van der Waals surface area contributed by atoms with Crippen LogP contribution in [0.4, 0.5) is 5.95 Å². The van der Waals surface area contributed by atoms with Gasteiger partial charge in [-0.2, -0.15) is 0 Å². The predicted molar refractivity (Wildman–Crippen MR) is 179 cm³/mol. The Kier molecular flexibility index (Phi) is 9.54. The van der Waals surface area contributed by atoms with Gasteiger partial charge in [0.15, 0.2) is 0 Å². The Morgan fingerprint density at radius 2 is 1.73 bits per heavy atom. The molecule has 3 aromatic carbocycles. The van der Waals surface area contributed by atoms with Gasteiger partial charge in [0.25, 0.3) is 5.91 Å². The summed E-state index contributed by atoms with van der Waals surface area (Å²) in [7, 11) is 1.90. The van der Waals surface area contributed by atoms with Crippen LogP contribution in [0.15, 0.2) is 103 Å². The van der Waals surface area contributed by atoms with Crippen LogP contribution < -0.4 is 4.90 Å². The number of rotatable bonds is 10. The van der Waals surface area contributed by atoms with E-state index in [1.807, 2.05) is 78.8 Å². The molecule has 8 heteroatoms. The molecule has 1 fully saturated rings. The summed E-state index contributed by atoms with van der Waals surface area (Å²) in [4.78, 5) is 29.7. The second-order valence-corrected chi connectivity index (χ2v) is 12.0. The third-order valence-corrected chi connectivity index (χ3v) is 8.76. The van der Waals surface area contributed by atoms with E-state index in [1.165, 1.54) is 5.56 Å². The van der Waals surface area contributed by atoms with Crippen molar-refractivity contribution in [3.63, 3.8) is 0 Å². The van der Waals surface area contributed by atoms with Crippen LogP contribution in [-0.2, 0) is 6.54 Å². The van der Waals surface area contributed by atoms with Crippen LogP contribution >= 0.6 is 11.6 Å². The highest BCUT2D eigenvalue weighted by atomic mass is 35.5. The molecule has 0 aliphatic carbocycles. The summed E-state index contributed by atoms with van der Waals surface area (Å²) < 4.78 is 2.31. The molecule has 3 heterocycles. The smallest absolute Gasteiger partial charge is 0.253 e. The van der Waals surface area contributed by atoms with Gasteiger partial charge in [-0.25, -0.2) is 4.98 Å². The zero-order chi connectivity index (χ0) is 30.3. The second kappa shape index (κ2) is 14.1. The molecule has 7 nitrogen and oxygen atoms in total. The molecule has 5 aromatic rings. The standard InChI is InChI=1S/C36H39ClN6O/c1-40(35(44)28-11-3-2-4-12-28)26-30(29-13-9-14-31(37)25-29)18-22-41-20-10-21-42(24-23-41)36-39-33-16-5-6-17-34(33)43(36)27-32-15-7-8-19-38-32/h2-9,11-17,19,25,30H,10,18,20-24,26-27H2,1H3. The number of anilines is 1. The maximum absolute atomic E-state index is 13.2. The molecule has 0 radical (unpaired) electrons.